The third-order valence-electron chi connectivity index (χ3n) is 1.71. The third kappa shape index (κ3) is 5.18. The van der Waals surface area contributed by atoms with Crippen LogP contribution in [0.2, 0.25) is 0 Å². The fourth-order valence-corrected chi connectivity index (χ4v) is 1.84. The van der Waals surface area contributed by atoms with Gasteiger partial charge >= 0.3 is 44.5 Å². The van der Waals surface area contributed by atoms with Gasteiger partial charge in [0, 0.05) is 38.2 Å². The molecule has 0 aliphatic rings. The van der Waals surface area contributed by atoms with Gasteiger partial charge in [-0.2, -0.15) is 0 Å². The molecule has 0 aliphatic heterocycles. The van der Waals surface area contributed by atoms with Crippen LogP contribution in [0.25, 0.3) is 0 Å². The molecule has 0 aliphatic carbocycles. The van der Waals surface area contributed by atoms with Crippen molar-refractivity contribution in [1.29, 1.82) is 0 Å². The van der Waals surface area contributed by atoms with E-state index >= 15 is 0 Å². The molecule has 0 bridgehead atoms. The first-order chi connectivity index (χ1) is 7.50. The van der Waals surface area contributed by atoms with Crippen molar-refractivity contribution >= 4 is 62.0 Å². The topological polar surface area (TPSA) is 70.8 Å². The number of hydrogen-bond acceptors (Lipinski definition) is 6. The average Bonchev–Trinajstić information content (AvgIpc) is 2.29. The average molecular weight is 303 g/mol. The Morgan fingerprint density at radius 1 is 1.24 bits per heavy atom. The molecule has 0 N–H and O–H groups in total. The van der Waals surface area contributed by atoms with Crippen LogP contribution >= 0.6 is 6.72 Å². The summed E-state index contributed by atoms with van der Waals surface area (Å²) in [6.07, 6.45) is 0. The van der Waals surface area contributed by atoms with E-state index < -0.39 is 11.6 Å². The van der Waals surface area contributed by atoms with Gasteiger partial charge in [0.2, 0.25) is 0 Å². The first kappa shape index (κ1) is 17.2. The number of rotatable bonds is 5. The van der Waals surface area contributed by atoms with Crippen LogP contribution in [-0.2, 0) is 20.9 Å². The Balaban J connectivity index is 0.00000256. The van der Waals surface area contributed by atoms with Crippen molar-refractivity contribution in [3.63, 3.8) is 0 Å². The van der Waals surface area contributed by atoms with Crippen LogP contribution in [0.4, 0.5) is 5.69 Å². The molecule has 1 aromatic carbocycles. The van der Waals surface area contributed by atoms with E-state index in [4.69, 9.17) is 25.4 Å². The summed E-state index contributed by atoms with van der Waals surface area (Å²) in [5.74, 6) is 0.373. The summed E-state index contributed by atoms with van der Waals surface area (Å²) >= 11 is 4.98. The minimum absolute atomic E-state index is 0. The molecule has 0 atom stereocenters. The van der Waals surface area contributed by atoms with E-state index in [1.165, 1.54) is 38.5 Å². The molecule has 0 radical (unpaired) electrons. The maximum atomic E-state index is 10.4. The molecule has 0 unspecified atom stereocenters. The molecule has 1 rings (SSSR count). The second-order valence-corrected chi connectivity index (χ2v) is 5.80. The molecule has 0 aromatic heterocycles. The van der Waals surface area contributed by atoms with Gasteiger partial charge in [-0.05, 0) is 12.1 Å². The van der Waals surface area contributed by atoms with Gasteiger partial charge in [-0.25, -0.2) is 0 Å². The van der Waals surface area contributed by atoms with Gasteiger partial charge in [0.15, 0.2) is 0 Å². The molecular formula is C8H10CaNO5PS+2. The van der Waals surface area contributed by atoms with Crippen LogP contribution in [0.1, 0.15) is 0 Å². The monoisotopic (exact) mass is 303 g/mol. The minimum Gasteiger partial charge on any atom is -0.424 e. The van der Waals surface area contributed by atoms with Crippen molar-refractivity contribution in [2.24, 2.45) is 0 Å². The third-order valence-corrected chi connectivity index (χ3v) is 4.16. The molecule has 17 heavy (non-hydrogen) atoms. The normalized spacial score (nSPS) is 10.5. The molecule has 1 aromatic rings. The Kier molecular flexibility index (Phi) is 7.75. The van der Waals surface area contributed by atoms with E-state index in [0.29, 0.717) is 5.75 Å². The largest absolute Gasteiger partial charge is 2.00 e. The summed E-state index contributed by atoms with van der Waals surface area (Å²) < 4.78 is 15.1. The van der Waals surface area contributed by atoms with E-state index in [-0.39, 0.29) is 43.4 Å². The second kappa shape index (κ2) is 7.63. The van der Waals surface area contributed by atoms with Crippen LogP contribution in [0, 0.1) is 10.1 Å². The van der Waals surface area contributed by atoms with E-state index in [9.17, 15) is 10.1 Å². The smallest absolute Gasteiger partial charge is 0.424 e. The number of benzene rings is 1. The fourth-order valence-electron chi connectivity index (χ4n) is 0.907. The Labute approximate surface area is 134 Å². The predicted octanol–water partition coefficient (Wildman–Crippen LogP) is 2.11. The van der Waals surface area contributed by atoms with Gasteiger partial charge in [0.05, 0.1) is 4.92 Å². The summed E-state index contributed by atoms with van der Waals surface area (Å²) in [6.45, 7) is -2.78. The van der Waals surface area contributed by atoms with Crippen LogP contribution in [0.3, 0.4) is 0 Å². The van der Waals surface area contributed by atoms with Crippen molar-refractivity contribution in [1.82, 2.24) is 0 Å². The molecule has 0 amide bonds. The molecule has 0 spiro atoms. The Morgan fingerprint density at radius 2 is 1.71 bits per heavy atom. The Bertz CT molecular complexity index is 418. The van der Waals surface area contributed by atoms with Crippen LogP contribution in [-0.4, -0.2) is 56.9 Å². The number of nitro benzene ring substituents is 1. The second-order valence-electron chi connectivity index (χ2n) is 2.65. The molecule has 6 nitrogen and oxygen atoms in total. The van der Waals surface area contributed by atoms with Gasteiger partial charge in [0.1, 0.15) is 5.75 Å². The number of hydrogen-bond donors (Lipinski definition) is 0. The van der Waals surface area contributed by atoms with Crippen LogP contribution < -0.4 is 4.52 Å². The molecule has 88 valence electrons. The van der Waals surface area contributed by atoms with Gasteiger partial charge in [-0.1, -0.05) is 0 Å². The zero-order chi connectivity index (χ0) is 12.2. The van der Waals surface area contributed by atoms with E-state index in [1.54, 1.807) is 0 Å². The summed E-state index contributed by atoms with van der Waals surface area (Å²) in [4.78, 5) is 9.92. The predicted molar refractivity (Wildman–Crippen MR) is 67.8 cm³/mol. The number of nitrogens with zero attached hydrogens (tertiary/aromatic N) is 1. The zero-order valence-electron chi connectivity index (χ0n) is 9.36. The van der Waals surface area contributed by atoms with Crippen molar-refractivity contribution in [2.75, 3.05) is 14.2 Å². The molecule has 9 heteroatoms. The first-order valence-electron chi connectivity index (χ1n) is 4.16. The van der Waals surface area contributed by atoms with Crippen LogP contribution in [0.15, 0.2) is 24.3 Å². The maximum absolute atomic E-state index is 10.4. The molecule has 0 saturated carbocycles. The summed E-state index contributed by atoms with van der Waals surface area (Å²) in [5.41, 5.74) is -0.0181. The fraction of sp³-hybridized carbons (Fsp3) is 0.250. The Hall–Kier alpha value is 0.250. The molecule has 0 fully saturated rings. The van der Waals surface area contributed by atoms with Crippen molar-refractivity contribution in [3.05, 3.63) is 34.4 Å². The summed E-state index contributed by atoms with van der Waals surface area (Å²) in [7, 11) is 2.77. The molecule has 0 saturated heterocycles. The van der Waals surface area contributed by atoms with E-state index in [0.717, 1.165) is 0 Å². The quantitative estimate of drug-likeness (QED) is 0.359. The number of nitro groups is 1. The van der Waals surface area contributed by atoms with Crippen molar-refractivity contribution in [2.45, 2.75) is 0 Å². The summed E-state index contributed by atoms with van der Waals surface area (Å²) in [5, 5.41) is 10.4. The van der Waals surface area contributed by atoms with E-state index in [2.05, 4.69) is 0 Å². The minimum atomic E-state index is -2.78. The van der Waals surface area contributed by atoms with Gasteiger partial charge in [0.25, 0.3) is 5.69 Å². The van der Waals surface area contributed by atoms with E-state index in [1.807, 2.05) is 0 Å². The Morgan fingerprint density at radius 3 is 2.06 bits per heavy atom. The maximum Gasteiger partial charge on any atom is 2.00 e. The molecular weight excluding hydrogens is 293 g/mol. The summed E-state index contributed by atoms with van der Waals surface area (Å²) in [6, 6.07) is 5.52. The first-order valence-corrected chi connectivity index (χ1v) is 6.72. The van der Waals surface area contributed by atoms with Crippen molar-refractivity contribution in [3.8, 4) is 5.75 Å². The zero-order valence-corrected chi connectivity index (χ0v) is 13.3. The van der Waals surface area contributed by atoms with Crippen molar-refractivity contribution < 1.29 is 18.5 Å². The van der Waals surface area contributed by atoms with Gasteiger partial charge in [-0.15, -0.1) is 0 Å². The van der Waals surface area contributed by atoms with Gasteiger partial charge < -0.3 is 13.6 Å². The number of non-ortho nitro benzene ring substituents is 1. The SMILES string of the molecule is COP(=S)(OC)Oc1ccc([N+](=O)[O-])cc1.[Ca+2]. The van der Waals surface area contributed by atoms with Gasteiger partial charge in [-0.3, -0.25) is 10.1 Å². The standard InChI is InChI=1S/C8H10NO5PS.Ca/c1-12-15(16,13-2)14-8-5-3-7(4-6-8)9(10)11;/h3-6H,1-2H3;/q;+2. The molecule has 0 heterocycles. The van der Waals surface area contributed by atoms with Crippen LogP contribution in [0.5, 0.6) is 5.75 Å².